The minimum absolute atomic E-state index is 0.803. The predicted octanol–water partition coefficient (Wildman–Crippen LogP) is 9.18. The van der Waals surface area contributed by atoms with E-state index in [0.717, 1.165) is 29.2 Å². The summed E-state index contributed by atoms with van der Waals surface area (Å²) in [6.45, 7) is 3.06. The first-order valence-electron chi connectivity index (χ1n) is 12.1. The third kappa shape index (κ3) is 7.76. The number of rotatable bonds is 12. The lowest BCUT2D eigenvalue weighted by Gasteiger charge is -2.21. The largest absolute Gasteiger partial charge is 0.492 e. The van der Waals surface area contributed by atoms with Crippen molar-refractivity contribution >= 4 is 15.9 Å². The van der Waals surface area contributed by atoms with Gasteiger partial charge in [-0.1, -0.05) is 82.2 Å². The third-order valence-electron chi connectivity index (χ3n) is 6.37. The zero-order valence-corrected chi connectivity index (χ0v) is 20.3. The van der Waals surface area contributed by atoms with E-state index in [1.807, 2.05) is 0 Å². The maximum atomic E-state index is 5.99. The molecule has 163 valence electrons. The lowest BCUT2D eigenvalue weighted by molar-refractivity contribution is 0.302. The zero-order chi connectivity index (χ0) is 21.0. The topological polar surface area (TPSA) is 9.23 Å². The molecule has 2 aromatic carbocycles. The van der Waals surface area contributed by atoms with Crippen molar-refractivity contribution in [1.82, 2.24) is 0 Å². The summed E-state index contributed by atoms with van der Waals surface area (Å²) < 4.78 is 7.04. The summed E-state index contributed by atoms with van der Waals surface area (Å²) in [7, 11) is 0. The third-order valence-corrected chi connectivity index (χ3v) is 6.99. The molecule has 0 bridgehead atoms. The molecule has 0 amide bonds. The van der Waals surface area contributed by atoms with E-state index in [4.69, 9.17) is 4.74 Å². The number of hydrogen-bond donors (Lipinski definition) is 0. The van der Waals surface area contributed by atoms with Crippen LogP contribution in [0.15, 0.2) is 46.9 Å². The minimum Gasteiger partial charge on any atom is -0.492 e. The van der Waals surface area contributed by atoms with Crippen molar-refractivity contribution in [3.63, 3.8) is 0 Å². The van der Waals surface area contributed by atoms with Gasteiger partial charge in [-0.2, -0.15) is 0 Å². The highest BCUT2D eigenvalue weighted by atomic mass is 79.9. The summed E-state index contributed by atoms with van der Waals surface area (Å²) in [6, 6.07) is 15.6. The van der Waals surface area contributed by atoms with E-state index in [1.165, 1.54) is 87.3 Å². The summed E-state index contributed by atoms with van der Waals surface area (Å²) in [6.07, 6.45) is 18.1. The Bertz CT molecular complexity index is 731. The number of halogens is 1. The normalized spacial score (nSPS) is 14.7. The van der Waals surface area contributed by atoms with E-state index in [2.05, 4.69) is 71.7 Å². The van der Waals surface area contributed by atoms with Crippen LogP contribution in [-0.2, 0) is 6.42 Å². The molecule has 2 heteroatoms. The second-order valence-corrected chi connectivity index (χ2v) is 9.66. The molecule has 1 nitrogen and oxygen atoms in total. The van der Waals surface area contributed by atoms with Crippen molar-refractivity contribution in [3.05, 3.63) is 58.9 Å². The molecule has 0 aromatic heterocycles. The van der Waals surface area contributed by atoms with Crippen LogP contribution in [0.4, 0.5) is 0 Å². The lowest BCUT2D eigenvalue weighted by Crippen LogP contribution is -2.07. The first-order chi connectivity index (χ1) is 14.8. The van der Waals surface area contributed by atoms with Gasteiger partial charge in [-0.25, -0.2) is 0 Å². The standard InChI is InChI=1S/C28H38BrO/c1-2-3-4-5-6-10-21-30-28-20-19-26(22-27(28)29)25-17-15-24(16-18-25)14-13-23-11-8-7-9-12-23/h7,15-20,22-23H,2-6,8-14,21H2,1H3. The van der Waals surface area contributed by atoms with E-state index in [-0.39, 0.29) is 0 Å². The van der Waals surface area contributed by atoms with Gasteiger partial charge in [-0.3, -0.25) is 0 Å². The maximum absolute atomic E-state index is 5.99. The van der Waals surface area contributed by atoms with Gasteiger partial charge in [0.05, 0.1) is 11.1 Å². The Kier molecular flexibility index (Phi) is 10.3. The van der Waals surface area contributed by atoms with Crippen LogP contribution in [-0.4, -0.2) is 6.61 Å². The first kappa shape index (κ1) is 23.4. The minimum atomic E-state index is 0.803. The maximum Gasteiger partial charge on any atom is 0.133 e. The number of hydrogen-bond acceptors (Lipinski definition) is 1. The van der Waals surface area contributed by atoms with Crippen LogP contribution in [0, 0.1) is 12.3 Å². The average Bonchev–Trinajstić information content (AvgIpc) is 2.79. The monoisotopic (exact) mass is 469 g/mol. The molecule has 0 aliphatic heterocycles. The second kappa shape index (κ2) is 13.2. The highest BCUT2D eigenvalue weighted by molar-refractivity contribution is 9.10. The second-order valence-electron chi connectivity index (χ2n) is 8.81. The van der Waals surface area contributed by atoms with Gasteiger partial charge in [0.25, 0.3) is 0 Å². The van der Waals surface area contributed by atoms with Crippen molar-refractivity contribution in [2.75, 3.05) is 6.61 Å². The quantitative estimate of drug-likeness (QED) is 0.281. The molecule has 0 atom stereocenters. The molecule has 30 heavy (non-hydrogen) atoms. The molecule has 1 radical (unpaired) electrons. The summed E-state index contributed by atoms with van der Waals surface area (Å²) in [5.41, 5.74) is 3.98. The van der Waals surface area contributed by atoms with Gasteiger partial charge in [0.1, 0.15) is 5.75 Å². The van der Waals surface area contributed by atoms with E-state index in [0.29, 0.717) is 0 Å². The Hall–Kier alpha value is -1.28. The van der Waals surface area contributed by atoms with Crippen molar-refractivity contribution < 1.29 is 4.74 Å². The molecule has 0 spiro atoms. The predicted molar refractivity (Wildman–Crippen MR) is 133 cm³/mol. The summed E-state index contributed by atoms with van der Waals surface area (Å²) >= 11 is 3.70. The number of aryl methyl sites for hydroxylation is 1. The van der Waals surface area contributed by atoms with Crippen LogP contribution in [0.5, 0.6) is 5.75 Å². The van der Waals surface area contributed by atoms with E-state index < -0.39 is 0 Å². The molecule has 1 fully saturated rings. The Labute approximate surface area is 192 Å². The molecule has 0 unspecified atom stereocenters. The van der Waals surface area contributed by atoms with Crippen molar-refractivity contribution in [2.45, 2.75) is 84.0 Å². The first-order valence-corrected chi connectivity index (χ1v) is 12.9. The average molecular weight is 471 g/mol. The highest BCUT2D eigenvalue weighted by Gasteiger charge is 2.13. The van der Waals surface area contributed by atoms with Crippen LogP contribution in [0.3, 0.4) is 0 Å². The van der Waals surface area contributed by atoms with Crippen molar-refractivity contribution in [3.8, 4) is 16.9 Å². The van der Waals surface area contributed by atoms with E-state index in [9.17, 15) is 0 Å². The molecule has 0 N–H and O–H groups in total. The van der Waals surface area contributed by atoms with Crippen LogP contribution in [0.25, 0.3) is 11.1 Å². The van der Waals surface area contributed by atoms with Gasteiger partial charge in [-0.05, 0) is 89.2 Å². The van der Waals surface area contributed by atoms with E-state index in [1.54, 1.807) is 0 Å². The van der Waals surface area contributed by atoms with Crippen molar-refractivity contribution in [1.29, 1.82) is 0 Å². The summed E-state index contributed by atoms with van der Waals surface area (Å²) in [4.78, 5) is 0. The van der Waals surface area contributed by atoms with Gasteiger partial charge in [0, 0.05) is 0 Å². The highest BCUT2D eigenvalue weighted by Crippen LogP contribution is 2.32. The van der Waals surface area contributed by atoms with Crippen LogP contribution in [0.2, 0.25) is 0 Å². The molecule has 1 saturated carbocycles. The van der Waals surface area contributed by atoms with Crippen molar-refractivity contribution in [2.24, 2.45) is 5.92 Å². The van der Waals surface area contributed by atoms with Crippen LogP contribution >= 0.6 is 15.9 Å². The number of unbranched alkanes of at least 4 members (excludes halogenated alkanes) is 5. The fourth-order valence-electron chi connectivity index (χ4n) is 4.38. The van der Waals surface area contributed by atoms with Gasteiger partial charge in [0.15, 0.2) is 0 Å². The number of benzene rings is 2. The molecule has 1 aliphatic carbocycles. The number of ether oxygens (including phenoxy) is 1. The SMILES string of the molecule is CCCCCCCCOc1ccc(-c2ccc(CCC3CC[CH]CC3)cc2)cc1Br. The summed E-state index contributed by atoms with van der Waals surface area (Å²) in [5, 5.41) is 0. The molecular formula is C28H38BrO. The molecule has 0 heterocycles. The fraction of sp³-hybridized carbons (Fsp3) is 0.536. The Morgan fingerprint density at radius 1 is 0.867 bits per heavy atom. The van der Waals surface area contributed by atoms with Gasteiger partial charge in [-0.15, -0.1) is 0 Å². The Balaban J connectivity index is 1.45. The van der Waals surface area contributed by atoms with Crippen LogP contribution in [0.1, 0.15) is 83.1 Å². The fourth-order valence-corrected chi connectivity index (χ4v) is 4.87. The smallest absolute Gasteiger partial charge is 0.133 e. The Morgan fingerprint density at radius 3 is 2.30 bits per heavy atom. The summed E-state index contributed by atoms with van der Waals surface area (Å²) in [5.74, 6) is 1.88. The van der Waals surface area contributed by atoms with E-state index >= 15 is 0 Å². The molecule has 2 aromatic rings. The van der Waals surface area contributed by atoms with Gasteiger partial charge >= 0.3 is 0 Å². The van der Waals surface area contributed by atoms with Gasteiger partial charge < -0.3 is 4.74 Å². The molecule has 1 aliphatic rings. The lowest BCUT2D eigenvalue weighted by atomic mass is 9.85. The molecular weight excluding hydrogens is 432 g/mol. The van der Waals surface area contributed by atoms with Gasteiger partial charge in [0.2, 0.25) is 0 Å². The Morgan fingerprint density at radius 2 is 1.57 bits per heavy atom. The van der Waals surface area contributed by atoms with Crippen LogP contribution < -0.4 is 4.74 Å². The zero-order valence-electron chi connectivity index (χ0n) is 18.7. The molecule has 0 saturated heterocycles. The molecule has 3 rings (SSSR count).